The standard InChI is InChI=1S/C8H17BN2O/c1-9(12)11-7-2-3-8(11)5-6(10)4-7/h6-8,12H,2-5,10H2,1H3/t6?,7-,8+. The fourth-order valence-corrected chi connectivity index (χ4v) is 2.87. The zero-order valence-corrected chi connectivity index (χ0v) is 7.61. The number of nitrogens with two attached hydrogens (primary N) is 1. The first-order chi connectivity index (χ1) is 5.68. The van der Waals surface area contributed by atoms with Crippen molar-refractivity contribution < 1.29 is 5.02 Å². The summed E-state index contributed by atoms with van der Waals surface area (Å²) in [5.41, 5.74) is 5.91. The van der Waals surface area contributed by atoms with Gasteiger partial charge in [0.15, 0.2) is 0 Å². The van der Waals surface area contributed by atoms with Crippen LogP contribution in [0.1, 0.15) is 25.7 Å². The van der Waals surface area contributed by atoms with E-state index >= 15 is 0 Å². The van der Waals surface area contributed by atoms with Crippen molar-refractivity contribution in [2.45, 2.75) is 50.6 Å². The Kier molecular flexibility index (Phi) is 2.15. The van der Waals surface area contributed by atoms with Gasteiger partial charge in [0, 0.05) is 18.1 Å². The summed E-state index contributed by atoms with van der Waals surface area (Å²) in [6.07, 6.45) is 4.59. The minimum absolute atomic E-state index is 0.282. The average Bonchev–Trinajstić information content (AvgIpc) is 2.24. The Balaban J connectivity index is 2.09. The van der Waals surface area contributed by atoms with Crippen LogP contribution in [-0.4, -0.2) is 35.0 Å². The van der Waals surface area contributed by atoms with Crippen molar-refractivity contribution in [1.82, 2.24) is 4.81 Å². The van der Waals surface area contributed by atoms with Crippen molar-refractivity contribution in [2.24, 2.45) is 5.73 Å². The third kappa shape index (κ3) is 1.28. The van der Waals surface area contributed by atoms with Crippen molar-refractivity contribution in [3.63, 3.8) is 0 Å². The van der Waals surface area contributed by atoms with Crippen molar-refractivity contribution in [2.75, 3.05) is 0 Å². The highest BCUT2D eigenvalue weighted by Gasteiger charge is 2.42. The van der Waals surface area contributed by atoms with E-state index in [4.69, 9.17) is 5.73 Å². The second kappa shape index (κ2) is 3.02. The predicted molar refractivity (Wildman–Crippen MR) is 49.7 cm³/mol. The molecule has 0 spiro atoms. The lowest BCUT2D eigenvalue weighted by atomic mass is 9.79. The van der Waals surface area contributed by atoms with Crippen LogP contribution in [0, 0.1) is 0 Å². The van der Waals surface area contributed by atoms with Crippen molar-refractivity contribution in [3.8, 4) is 0 Å². The lowest BCUT2D eigenvalue weighted by Gasteiger charge is -2.38. The van der Waals surface area contributed by atoms with Gasteiger partial charge in [-0.3, -0.25) is 0 Å². The van der Waals surface area contributed by atoms with Gasteiger partial charge in [0.25, 0.3) is 0 Å². The summed E-state index contributed by atoms with van der Waals surface area (Å²) in [5.74, 6) is 0. The van der Waals surface area contributed by atoms with Crippen LogP contribution in [0.15, 0.2) is 0 Å². The van der Waals surface area contributed by atoms with Crippen LogP contribution in [0.4, 0.5) is 0 Å². The summed E-state index contributed by atoms with van der Waals surface area (Å²) in [6, 6.07) is 1.48. The summed E-state index contributed by atoms with van der Waals surface area (Å²) >= 11 is 0. The van der Waals surface area contributed by atoms with E-state index in [1.165, 1.54) is 12.8 Å². The number of piperidine rings is 1. The maximum Gasteiger partial charge on any atom is 0.376 e. The van der Waals surface area contributed by atoms with Gasteiger partial charge in [-0.15, -0.1) is 0 Å². The van der Waals surface area contributed by atoms with E-state index in [2.05, 4.69) is 4.81 Å². The molecule has 0 aromatic carbocycles. The molecule has 12 heavy (non-hydrogen) atoms. The molecule has 3 atom stereocenters. The van der Waals surface area contributed by atoms with Gasteiger partial charge in [0.05, 0.1) is 0 Å². The van der Waals surface area contributed by atoms with Crippen molar-refractivity contribution in [1.29, 1.82) is 0 Å². The molecule has 2 fully saturated rings. The lowest BCUT2D eigenvalue weighted by Crippen LogP contribution is -2.53. The van der Waals surface area contributed by atoms with E-state index in [0.717, 1.165) is 12.8 Å². The van der Waals surface area contributed by atoms with Gasteiger partial charge in [-0.25, -0.2) is 0 Å². The minimum atomic E-state index is -0.282. The molecule has 0 amide bonds. The highest BCUT2D eigenvalue weighted by Crippen LogP contribution is 2.35. The molecule has 3 N–H and O–H groups in total. The molecule has 2 rings (SSSR count). The highest BCUT2D eigenvalue weighted by molar-refractivity contribution is 6.45. The van der Waals surface area contributed by atoms with Crippen LogP contribution in [0.2, 0.25) is 6.82 Å². The molecule has 4 heteroatoms. The summed E-state index contributed by atoms with van der Waals surface area (Å²) in [6.45, 7) is 1.86. The van der Waals surface area contributed by atoms with Gasteiger partial charge in [-0.1, -0.05) is 0 Å². The molecule has 2 aliphatic heterocycles. The maximum atomic E-state index is 9.53. The smallest absolute Gasteiger partial charge is 0.376 e. The van der Waals surface area contributed by atoms with Crippen LogP contribution in [0.25, 0.3) is 0 Å². The first-order valence-corrected chi connectivity index (χ1v) is 4.89. The Labute approximate surface area is 74.1 Å². The molecular weight excluding hydrogens is 151 g/mol. The molecule has 68 valence electrons. The van der Waals surface area contributed by atoms with E-state index in [9.17, 15) is 5.02 Å². The van der Waals surface area contributed by atoms with E-state index in [1.807, 2.05) is 6.82 Å². The number of fused-ring (bicyclic) bond motifs is 2. The first kappa shape index (κ1) is 8.54. The first-order valence-electron chi connectivity index (χ1n) is 4.89. The average molecular weight is 168 g/mol. The number of rotatable bonds is 1. The quantitative estimate of drug-likeness (QED) is 0.544. The fraction of sp³-hybridized carbons (Fsp3) is 1.00. The summed E-state index contributed by atoms with van der Waals surface area (Å²) < 4.78 is 0. The number of hydrogen-bond donors (Lipinski definition) is 2. The molecule has 2 aliphatic rings. The molecule has 0 radical (unpaired) electrons. The van der Waals surface area contributed by atoms with Crippen LogP contribution in [0.3, 0.4) is 0 Å². The van der Waals surface area contributed by atoms with Crippen molar-refractivity contribution >= 4 is 7.05 Å². The van der Waals surface area contributed by atoms with Gasteiger partial charge >= 0.3 is 7.05 Å². The summed E-state index contributed by atoms with van der Waals surface area (Å²) in [4.78, 5) is 2.24. The predicted octanol–water partition coefficient (Wildman–Crippen LogP) is 0.0508. The van der Waals surface area contributed by atoms with Crippen LogP contribution >= 0.6 is 0 Å². The topological polar surface area (TPSA) is 49.5 Å². The zero-order valence-electron chi connectivity index (χ0n) is 7.61. The Bertz CT molecular complexity index is 162. The Morgan fingerprint density at radius 1 is 1.33 bits per heavy atom. The van der Waals surface area contributed by atoms with Gasteiger partial charge in [-0.2, -0.15) is 0 Å². The van der Waals surface area contributed by atoms with Crippen molar-refractivity contribution in [3.05, 3.63) is 0 Å². The third-order valence-corrected chi connectivity index (χ3v) is 3.26. The van der Waals surface area contributed by atoms with Crippen LogP contribution in [-0.2, 0) is 0 Å². The van der Waals surface area contributed by atoms with Gasteiger partial charge in [0.1, 0.15) is 0 Å². The molecule has 2 bridgehead atoms. The number of nitrogens with zero attached hydrogens (tertiary/aromatic N) is 1. The monoisotopic (exact) mass is 168 g/mol. The Hall–Kier alpha value is -0.0551. The van der Waals surface area contributed by atoms with E-state index in [0.29, 0.717) is 18.1 Å². The molecule has 0 aromatic heterocycles. The minimum Gasteiger partial charge on any atom is -0.437 e. The highest BCUT2D eigenvalue weighted by atomic mass is 16.2. The lowest BCUT2D eigenvalue weighted by molar-refractivity contribution is 0.202. The third-order valence-electron chi connectivity index (χ3n) is 3.26. The molecule has 2 heterocycles. The molecule has 2 saturated heterocycles. The Morgan fingerprint density at radius 3 is 2.25 bits per heavy atom. The second-order valence-corrected chi connectivity index (χ2v) is 4.20. The van der Waals surface area contributed by atoms with Crippen LogP contribution < -0.4 is 5.73 Å². The van der Waals surface area contributed by atoms with E-state index in [-0.39, 0.29) is 7.05 Å². The molecule has 0 aromatic rings. The normalized spacial score (nSPS) is 41.8. The van der Waals surface area contributed by atoms with E-state index < -0.39 is 0 Å². The zero-order chi connectivity index (χ0) is 8.72. The molecular formula is C8H17BN2O. The Morgan fingerprint density at radius 2 is 1.83 bits per heavy atom. The van der Waals surface area contributed by atoms with Gasteiger partial charge in [-0.05, 0) is 32.5 Å². The van der Waals surface area contributed by atoms with Gasteiger partial charge in [0.2, 0.25) is 0 Å². The number of hydrogen-bond acceptors (Lipinski definition) is 3. The molecule has 0 aliphatic carbocycles. The molecule has 3 nitrogen and oxygen atoms in total. The summed E-state index contributed by atoms with van der Waals surface area (Å²) in [7, 11) is -0.282. The van der Waals surface area contributed by atoms with E-state index in [1.54, 1.807) is 0 Å². The SMILES string of the molecule is CB(O)N1[C@@H]2CC[C@H]1CC(N)C2. The largest absolute Gasteiger partial charge is 0.437 e. The maximum absolute atomic E-state index is 9.53. The molecule has 1 unspecified atom stereocenters. The second-order valence-electron chi connectivity index (χ2n) is 4.20. The molecule has 0 saturated carbocycles. The van der Waals surface area contributed by atoms with Crippen LogP contribution in [0.5, 0.6) is 0 Å². The van der Waals surface area contributed by atoms with Gasteiger partial charge < -0.3 is 15.6 Å². The summed E-state index contributed by atoms with van der Waals surface area (Å²) in [5, 5.41) is 9.53. The fourth-order valence-electron chi connectivity index (χ4n) is 2.87.